The zero-order chi connectivity index (χ0) is 14.9. The molecule has 0 aromatic carbocycles. The second kappa shape index (κ2) is 5.35. The molecule has 0 aliphatic carbocycles. The number of nitrogens with zero attached hydrogens (tertiary/aromatic N) is 1. The molecule has 20 heavy (non-hydrogen) atoms. The topological polar surface area (TPSA) is 118 Å². The number of carbonyl (C=O) groups is 1. The molecule has 1 atom stereocenters. The lowest BCUT2D eigenvalue weighted by Crippen LogP contribution is -2.27. The number of amides is 1. The summed E-state index contributed by atoms with van der Waals surface area (Å²) >= 11 is 0.945. The van der Waals surface area contributed by atoms with Crippen molar-refractivity contribution < 1.29 is 13.2 Å². The van der Waals surface area contributed by atoms with Crippen LogP contribution in [0, 0.1) is 6.92 Å². The molecule has 4 N–H and O–H groups in total. The molecule has 0 radical (unpaired) electrons. The monoisotopic (exact) mass is 314 g/mol. The SMILES string of the molecule is Cc1cnc(C(C)NS(=O)(=O)c2cc(C(N)=O)cs2)[nH]1. The molecule has 1 unspecified atom stereocenters. The molecule has 0 bridgehead atoms. The summed E-state index contributed by atoms with van der Waals surface area (Å²) in [4.78, 5) is 18.0. The minimum absolute atomic E-state index is 0.0430. The van der Waals surface area contributed by atoms with E-state index in [1.165, 1.54) is 11.4 Å². The van der Waals surface area contributed by atoms with E-state index in [4.69, 9.17) is 5.73 Å². The van der Waals surface area contributed by atoms with Crippen LogP contribution in [0.2, 0.25) is 0 Å². The zero-order valence-electron chi connectivity index (χ0n) is 10.9. The van der Waals surface area contributed by atoms with E-state index in [-0.39, 0.29) is 9.77 Å². The van der Waals surface area contributed by atoms with Crippen LogP contribution in [0.1, 0.15) is 34.8 Å². The molecule has 108 valence electrons. The first kappa shape index (κ1) is 14.7. The maximum Gasteiger partial charge on any atom is 0.250 e. The first-order valence-corrected chi connectivity index (χ1v) is 8.08. The number of thiophene rings is 1. The van der Waals surface area contributed by atoms with Gasteiger partial charge in [0.25, 0.3) is 10.0 Å². The van der Waals surface area contributed by atoms with Crippen molar-refractivity contribution in [2.45, 2.75) is 24.1 Å². The van der Waals surface area contributed by atoms with Crippen molar-refractivity contribution in [1.29, 1.82) is 0 Å². The Morgan fingerprint density at radius 2 is 2.25 bits per heavy atom. The molecule has 0 saturated carbocycles. The van der Waals surface area contributed by atoms with Gasteiger partial charge < -0.3 is 10.7 Å². The summed E-state index contributed by atoms with van der Waals surface area (Å²) in [5, 5.41) is 1.42. The number of primary amides is 1. The van der Waals surface area contributed by atoms with Gasteiger partial charge in [-0.25, -0.2) is 18.1 Å². The molecule has 0 aliphatic heterocycles. The Kier molecular flexibility index (Phi) is 3.93. The first-order valence-electron chi connectivity index (χ1n) is 5.72. The van der Waals surface area contributed by atoms with Crippen molar-refractivity contribution in [2.24, 2.45) is 5.73 Å². The third-order valence-corrected chi connectivity index (χ3v) is 5.57. The molecular weight excluding hydrogens is 300 g/mol. The molecule has 9 heteroatoms. The van der Waals surface area contributed by atoms with Gasteiger partial charge in [-0.3, -0.25) is 4.79 Å². The number of aryl methyl sites for hydroxylation is 1. The summed E-state index contributed by atoms with van der Waals surface area (Å²) in [6.45, 7) is 3.51. The van der Waals surface area contributed by atoms with E-state index >= 15 is 0 Å². The Balaban J connectivity index is 2.20. The van der Waals surface area contributed by atoms with Crippen LogP contribution >= 0.6 is 11.3 Å². The van der Waals surface area contributed by atoms with Crippen LogP contribution in [0.25, 0.3) is 0 Å². The highest BCUT2D eigenvalue weighted by Gasteiger charge is 2.22. The van der Waals surface area contributed by atoms with Gasteiger partial charge in [-0.15, -0.1) is 11.3 Å². The van der Waals surface area contributed by atoms with Crippen LogP contribution in [0.3, 0.4) is 0 Å². The van der Waals surface area contributed by atoms with E-state index in [1.54, 1.807) is 13.1 Å². The maximum atomic E-state index is 12.2. The fourth-order valence-corrected chi connectivity index (χ4v) is 3.98. The lowest BCUT2D eigenvalue weighted by atomic mass is 10.3. The summed E-state index contributed by atoms with van der Waals surface area (Å²) < 4.78 is 26.9. The molecule has 2 aromatic rings. The molecule has 0 saturated heterocycles. The smallest absolute Gasteiger partial charge is 0.250 e. The number of H-pyrrole nitrogens is 1. The number of aromatic amines is 1. The van der Waals surface area contributed by atoms with Crippen LogP contribution in [0.4, 0.5) is 0 Å². The predicted octanol–water partition coefficient (Wildman–Crippen LogP) is 0.918. The standard InChI is InChI=1S/C11H14N4O3S2/c1-6-4-13-11(14-6)7(2)15-20(17,18)9-3-8(5-19-9)10(12)16/h3-5,7,15H,1-2H3,(H2,12,16)(H,13,14). The number of hydrogen-bond donors (Lipinski definition) is 3. The predicted molar refractivity (Wildman–Crippen MR) is 74.9 cm³/mol. The number of aromatic nitrogens is 2. The average molecular weight is 314 g/mol. The summed E-state index contributed by atoms with van der Waals surface area (Å²) in [5.41, 5.74) is 6.13. The van der Waals surface area contributed by atoms with Crippen LogP contribution in [-0.4, -0.2) is 24.3 Å². The Morgan fingerprint density at radius 3 is 2.75 bits per heavy atom. The molecular formula is C11H14N4O3S2. The average Bonchev–Trinajstić information content (AvgIpc) is 2.96. The van der Waals surface area contributed by atoms with Gasteiger partial charge in [-0.1, -0.05) is 0 Å². The summed E-state index contributed by atoms with van der Waals surface area (Å²) in [7, 11) is -3.71. The molecule has 0 aliphatic rings. The van der Waals surface area contributed by atoms with Crippen LogP contribution in [0.5, 0.6) is 0 Å². The van der Waals surface area contributed by atoms with Gasteiger partial charge in [0, 0.05) is 17.3 Å². The molecule has 2 aromatic heterocycles. The fraction of sp³-hybridized carbons (Fsp3) is 0.273. The summed E-state index contributed by atoms with van der Waals surface area (Å²) in [6, 6.07) is 0.753. The normalized spacial score (nSPS) is 13.3. The first-order chi connectivity index (χ1) is 9.29. The maximum absolute atomic E-state index is 12.2. The number of carbonyl (C=O) groups excluding carboxylic acids is 1. The number of sulfonamides is 1. The number of hydrogen-bond acceptors (Lipinski definition) is 5. The lowest BCUT2D eigenvalue weighted by Gasteiger charge is -2.10. The Morgan fingerprint density at radius 1 is 1.55 bits per heavy atom. The van der Waals surface area contributed by atoms with Gasteiger partial charge in [0.2, 0.25) is 5.91 Å². The quantitative estimate of drug-likeness (QED) is 0.760. The minimum atomic E-state index is -3.71. The second-order valence-corrected chi connectivity index (χ2v) is 7.17. The molecule has 0 fully saturated rings. The van der Waals surface area contributed by atoms with E-state index in [0.717, 1.165) is 17.0 Å². The van der Waals surface area contributed by atoms with Crippen molar-refractivity contribution in [2.75, 3.05) is 0 Å². The Bertz CT molecular complexity index is 732. The van der Waals surface area contributed by atoms with Gasteiger partial charge in [0.15, 0.2) is 0 Å². The van der Waals surface area contributed by atoms with Gasteiger partial charge in [-0.2, -0.15) is 0 Å². The number of nitrogens with one attached hydrogen (secondary N) is 2. The second-order valence-electron chi connectivity index (χ2n) is 4.31. The highest BCUT2D eigenvalue weighted by molar-refractivity contribution is 7.91. The van der Waals surface area contributed by atoms with Crippen LogP contribution in [-0.2, 0) is 10.0 Å². The van der Waals surface area contributed by atoms with Gasteiger partial charge in [0.05, 0.1) is 11.6 Å². The van der Waals surface area contributed by atoms with Crippen LogP contribution in [0.15, 0.2) is 21.9 Å². The van der Waals surface area contributed by atoms with Crippen molar-refractivity contribution in [3.63, 3.8) is 0 Å². The molecule has 7 nitrogen and oxygen atoms in total. The Labute approximate surface area is 120 Å². The van der Waals surface area contributed by atoms with Gasteiger partial charge >= 0.3 is 0 Å². The number of nitrogens with two attached hydrogens (primary N) is 1. The van der Waals surface area contributed by atoms with E-state index in [2.05, 4.69) is 14.7 Å². The molecule has 2 rings (SSSR count). The van der Waals surface area contributed by atoms with Crippen molar-refractivity contribution in [1.82, 2.24) is 14.7 Å². The summed E-state index contributed by atoms with van der Waals surface area (Å²) in [6.07, 6.45) is 1.62. The molecule has 0 spiro atoms. The third-order valence-electron chi connectivity index (χ3n) is 2.59. The van der Waals surface area contributed by atoms with Gasteiger partial charge in [-0.05, 0) is 19.9 Å². The van der Waals surface area contributed by atoms with Gasteiger partial charge in [0.1, 0.15) is 10.0 Å². The summed E-state index contributed by atoms with van der Waals surface area (Å²) in [5.74, 6) is -0.129. The van der Waals surface area contributed by atoms with Crippen LogP contribution < -0.4 is 10.5 Å². The lowest BCUT2D eigenvalue weighted by molar-refractivity contribution is 0.100. The van der Waals surface area contributed by atoms with Crippen molar-refractivity contribution >= 4 is 27.3 Å². The van der Waals surface area contributed by atoms with E-state index in [9.17, 15) is 13.2 Å². The number of imidazole rings is 1. The van der Waals surface area contributed by atoms with Crippen molar-refractivity contribution in [3.8, 4) is 0 Å². The van der Waals surface area contributed by atoms with Crippen molar-refractivity contribution in [3.05, 3.63) is 34.7 Å². The fourth-order valence-electron chi connectivity index (χ4n) is 1.59. The largest absolute Gasteiger partial charge is 0.366 e. The molecule has 1 amide bonds. The minimum Gasteiger partial charge on any atom is -0.366 e. The molecule has 2 heterocycles. The number of rotatable bonds is 5. The zero-order valence-corrected chi connectivity index (χ0v) is 12.5. The van der Waals surface area contributed by atoms with E-state index in [0.29, 0.717) is 5.82 Å². The van der Waals surface area contributed by atoms with E-state index < -0.39 is 22.0 Å². The highest BCUT2D eigenvalue weighted by Crippen LogP contribution is 2.22. The Hall–Kier alpha value is -1.71. The highest BCUT2D eigenvalue weighted by atomic mass is 32.2. The third kappa shape index (κ3) is 3.06. The van der Waals surface area contributed by atoms with E-state index in [1.807, 2.05) is 6.92 Å².